The van der Waals surface area contributed by atoms with Gasteiger partial charge >= 0.3 is 405 Å². The molecule has 0 saturated heterocycles. The Labute approximate surface area is 402 Å². The van der Waals surface area contributed by atoms with Crippen molar-refractivity contribution in [3.05, 3.63) is 233 Å². The van der Waals surface area contributed by atoms with Gasteiger partial charge in [0, 0.05) is 0 Å². The first kappa shape index (κ1) is 43.5. The summed E-state index contributed by atoms with van der Waals surface area (Å²) in [6.07, 6.45) is 4.97. The summed E-state index contributed by atoms with van der Waals surface area (Å²) in [6.45, 7) is 13.9. The van der Waals surface area contributed by atoms with Crippen molar-refractivity contribution in [1.29, 1.82) is 0 Å². The number of hydrogen-bond donors (Lipinski definition) is 0. The minimum absolute atomic E-state index is 0.0659. The topological polar surface area (TPSA) is 0 Å². The predicted octanol–water partition coefficient (Wildman–Crippen LogP) is 14.9. The van der Waals surface area contributed by atoms with Crippen LogP contribution in [0.4, 0.5) is 0 Å². The number of benzene rings is 8. The molecule has 0 bridgehead atoms. The van der Waals surface area contributed by atoms with Crippen LogP contribution < -0.4 is 13.7 Å². The van der Waals surface area contributed by atoms with Crippen molar-refractivity contribution >= 4 is 63.7 Å². The molecule has 0 saturated carbocycles. The molecule has 325 valence electrons. The Morgan fingerprint density at radius 3 is 1.27 bits per heavy atom. The van der Waals surface area contributed by atoms with Crippen LogP contribution in [0.5, 0.6) is 0 Å². The molecule has 8 aromatic rings. The summed E-state index contributed by atoms with van der Waals surface area (Å²) in [5.41, 5.74) is 19.8. The first-order chi connectivity index (χ1) is 31.7. The molecule has 0 N–H and O–H groups in total. The maximum atomic E-state index is 9.63. The monoisotopic (exact) mass is 1080 g/mol. The summed E-state index contributed by atoms with van der Waals surface area (Å²) >= 11 is -6.18. The van der Waals surface area contributed by atoms with Crippen molar-refractivity contribution in [3.8, 4) is 33.4 Å². The number of hydrogen-bond acceptors (Lipinski definition) is 0. The average molecular weight is 1080 g/mol. The molecular weight excluding hydrogens is 1020 g/mol. The first-order valence-corrected chi connectivity index (χ1v) is 39.8. The van der Waals surface area contributed by atoms with Crippen LogP contribution in [-0.4, -0.2) is 9.52 Å². The maximum absolute atomic E-state index is 9.63. The standard InChI is InChI=1S/2C25H23.C12H9Si.2ClH.Hf/c2*1-25(2,3)24-15-8-7-13-22(24)21-14-9-12-19-16-20(17-23(19)21)18-10-5-4-6-11-18;1-3-7-11-9(5-1)10-6-2-4-8-12(10)13-11;;;/h2*4-17H,1-3H3;1-7H,13H2;2*1H;/q;;;;;+2/p-2. The Hall–Kier alpha value is -5.09. The fourth-order valence-electron chi connectivity index (χ4n) is 12.0. The molecule has 0 radical (unpaired) electrons. The van der Waals surface area contributed by atoms with Crippen LogP contribution in [0.25, 0.3) is 56.7 Å². The molecule has 0 fully saturated rings. The van der Waals surface area contributed by atoms with E-state index >= 15 is 0 Å². The van der Waals surface area contributed by atoms with Crippen molar-refractivity contribution < 1.29 is 16.1 Å². The van der Waals surface area contributed by atoms with Gasteiger partial charge in [0.25, 0.3) is 0 Å². The third-order valence-corrected chi connectivity index (χ3v) is 46.1. The molecule has 0 aromatic heterocycles. The van der Waals surface area contributed by atoms with E-state index in [0.29, 0.717) is 0 Å². The molecule has 2 aliphatic carbocycles. The van der Waals surface area contributed by atoms with E-state index in [1.54, 1.807) is 0 Å². The minimum atomic E-state index is -6.18. The number of rotatable bonds is 7. The molecule has 1 aliphatic heterocycles. The molecule has 8 aromatic carbocycles. The van der Waals surface area contributed by atoms with Crippen LogP contribution >= 0.6 is 17.2 Å². The Morgan fingerprint density at radius 2 is 0.788 bits per heavy atom. The van der Waals surface area contributed by atoms with Gasteiger partial charge in [0.05, 0.1) is 0 Å². The van der Waals surface area contributed by atoms with Crippen LogP contribution in [0.2, 0.25) is 0 Å². The SMILES string of the molecule is CC(C)(C)c1ccccc1-c1cccc2c1C=C(c1ccccc1)[CH]2[Hf]([Cl])([Cl])([c]1cccc2c1[SiH2]c1ccccc1-2)[CH]1C(c2ccccc2)=Cc2c(-c3ccccc3C(C)(C)C)cccc21. The Balaban J connectivity index is 1.27. The normalized spacial score (nSPS) is 17.3. The number of fused-ring (bicyclic) bond motifs is 5. The van der Waals surface area contributed by atoms with Gasteiger partial charge in [0.1, 0.15) is 0 Å². The molecule has 0 nitrogen and oxygen atoms in total. The van der Waals surface area contributed by atoms with E-state index in [2.05, 4.69) is 242 Å². The molecular formula is C62H55Cl2HfSi. The summed E-state index contributed by atoms with van der Waals surface area (Å²) in [7, 11) is 18.3. The molecule has 0 spiro atoms. The molecule has 2 atom stereocenters. The van der Waals surface area contributed by atoms with Gasteiger partial charge in [0.2, 0.25) is 0 Å². The Morgan fingerprint density at radius 1 is 0.394 bits per heavy atom. The molecule has 4 heteroatoms. The molecule has 2 unspecified atom stereocenters. The second kappa shape index (κ2) is 16.0. The molecule has 0 amide bonds. The van der Waals surface area contributed by atoms with Crippen LogP contribution in [-0.2, 0) is 27.0 Å². The van der Waals surface area contributed by atoms with Crippen molar-refractivity contribution in [3.63, 3.8) is 0 Å². The molecule has 11 rings (SSSR count). The van der Waals surface area contributed by atoms with Crippen LogP contribution in [0.1, 0.15) is 93.4 Å². The average Bonchev–Trinajstić information content (AvgIpc) is 4.05. The fourth-order valence-corrected chi connectivity index (χ4v) is 49.7. The molecule has 66 heavy (non-hydrogen) atoms. The Kier molecular flexibility index (Phi) is 10.6. The van der Waals surface area contributed by atoms with E-state index in [-0.39, 0.29) is 18.2 Å². The number of halogens is 2. The van der Waals surface area contributed by atoms with Gasteiger partial charge in [-0.05, 0) is 0 Å². The number of allylic oxidation sites excluding steroid dienone is 2. The zero-order valence-electron chi connectivity index (χ0n) is 38.7. The van der Waals surface area contributed by atoms with Crippen molar-refractivity contribution in [2.24, 2.45) is 0 Å². The fraction of sp³-hybridized carbons (Fsp3) is 0.161. The van der Waals surface area contributed by atoms with Gasteiger partial charge in [-0.15, -0.1) is 0 Å². The van der Waals surface area contributed by atoms with Crippen molar-refractivity contribution in [2.75, 3.05) is 0 Å². The summed E-state index contributed by atoms with van der Waals surface area (Å²) < 4.78 is 0.681. The van der Waals surface area contributed by atoms with E-state index in [1.807, 2.05) is 0 Å². The quantitative estimate of drug-likeness (QED) is 0.140. The van der Waals surface area contributed by atoms with Crippen molar-refractivity contribution in [2.45, 2.75) is 59.7 Å². The summed E-state index contributed by atoms with van der Waals surface area (Å²) in [5, 5.41) is 2.88. The van der Waals surface area contributed by atoms with Crippen molar-refractivity contribution in [1.82, 2.24) is 0 Å². The van der Waals surface area contributed by atoms with E-state index in [9.17, 15) is 17.2 Å². The van der Waals surface area contributed by atoms with E-state index in [1.165, 1.54) is 103 Å². The Bertz CT molecular complexity index is 3120. The van der Waals surface area contributed by atoms with E-state index in [0.717, 1.165) is 0 Å². The van der Waals surface area contributed by atoms with Gasteiger partial charge in [-0.25, -0.2) is 0 Å². The summed E-state index contributed by atoms with van der Waals surface area (Å²) in [5.74, 6) is 0. The third kappa shape index (κ3) is 6.84. The second-order valence-electron chi connectivity index (χ2n) is 20.8. The second-order valence-corrected chi connectivity index (χ2v) is 51.9. The summed E-state index contributed by atoms with van der Waals surface area (Å²) in [6, 6.07) is 69.9. The van der Waals surface area contributed by atoms with Gasteiger partial charge in [0.15, 0.2) is 0 Å². The summed E-state index contributed by atoms with van der Waals surface area (Å²) in [4.78, 5) is 0. The van der Waals surface area contributed by atoms with Crippen LogP contribution in [0, 0.1) is 0 Å². The van der Waals surface area contributed by atoms with Gasteiger partial charge in [-0.1, -0.05) is 0 Å². The molecule has 3 aliphatic rings. The molecule has 1 heterocycles. The first-order valence-electron chi connectivity index (χ1n) is 23.5. The van der Waals surface area contributed by atoms with Gasteiger partial charge < -0.3 is 0 Å². The van der Waals surface area contributed by atoms with E-state index < -0.39 is 25.7 Å². The van der Waals surface area contributed by atoms with Gasteiger partial charge in [-0.2, -0.15) is 0 Å². The van der Waals surface area contributed by atoms with Crippen LogP contribution in [0.15, 0.2) is 188 Å². The third-order valence-electron chi connectivity index (χ3n) is 14.8. The zero-order chi connectivity index (χ0) is 45.6. The van der Waals surface area contributed by atoms with E-state index in [4.69, 9.17) is 0 Å². The zero-order valence-corrected chi connectivity index (χ0v) is 45.2. The van der Waals surface area contributed by atoms with Crippen LogP contribution in [0.3, 0.4) is 0 Å². The van der Waals surface area contributed by atoms with Gasteiger partial charge in [-0.3, -0.25) is 0 Å². The predicted molar refractivity (Wildman–Crippen MR) is 286 cm³/mol.